The molecule has 1 saturated heterocycles. The molecule has 0 radical (unpaired) electrons. The summed E-state index contributed by atoms with van der Waals surface area (Å²) in [7, 11) is -3.61. The van der Waals surface area contributed by atoms with Crippen molar-refractivity contribution in [1.29, 1.82) is 0 Å². The van der Waals surface area contributed by atoms with Gasteiger partial charge in [0, 0.05) is 25.7 Å². The molecule has 0 atom stereocenters. The zero-order valence-corrected chi connectivity index (χ0v) is 16.5. The minimum absolute atomic E-state index is 0.0812. The molecule has 1 aromatic rings. The predicted molar refractivity (Wildman–Crippen MR) is 102 cm³/mol. The summed E-state index contributed by atoms with van der Waals surface area (Å²) in [5.41, 5.74) is 3.22. The zero-order valence-electron chi connectivity index (χ0n) is 15.7. The van der Waals surface area contributed by atoms with Crippen LogP contribution in [-0.4, -0.2) is 48.6 Å². The van der Waals surface area contributed by atoms with Crippen molar-refractivity contribution in [3.63, 3.8) is 0 Å². The Labute approximate surface area is 156 Å². The standard InChI is InChI=1S/C19H29N3O3S/c1-15-8-9-16(2)17(12-15)13-21-10-5-11-22(26(21,24)25)14-19(23)20-18-6-3-4-7-18/h8-9,12,18H,3-7,10-11,13-14H2,1-2H3,(H,20,23). The maximum atomic E-state index is 13.0. The van der Waals surface area contributed by atoms with E-state index in [0.29, 0.717) is 19.6 Å². The van der Waals surface area contributed by atoms with Gasteiger partial charge in [-0.3, -0.25) is 4.79 Å². The molecular weight excluding hydrogens is 350 g/mol. The smallest absolute Gasteiger partial charge is 0.282 e. The van der Waals surface area contributed by atoms with E-state index < -0.39 is 10.2 Å². The van der Waals surface area contributed by atoms with Crippen molar-refractivity contribution in [3.05, 3.63) is 34.9 Å². The first-order valence-corrected chi connectivity index (χ1v) is 10.9. The van der Waals surface area contributed by atoms with Crippen molar-refractivity contribution >= 4 is 16.1 Å². The van der Waals surface area contributed by atoms with Crippen LogP contribution in [0.1, 0.15) is 48.8 Å². The molecule has 1 aliphatic heterocycles. The van der Waals surface area contributed by atoms with Crippen molar-refractivity contribution in [3.8, 4) is 0 Å². The predicted octanol–water partition coefficient (Wildman–Crippen LogP) is 2.11. The van der Waals surface area contributed by atoms with E-state index in [0.717, 1.165) is 48.8 Å². The molecule has 1 aliphatic carbocycles. The lowest BCUT2D eigenvalue weighted by Crippen LogP contribution is -2.52. The fourth-order valence-corrected chi connectivity index (χ4v) is 5.43. The average Bonchev–Trinajstić information content (AvgIpc) is 3.07. The molecule has 1 N–H and O–H groups in total. The quantitative estimate of drug-likeness (QED) is 0.852. The van der Waals surface area contributed by atoms with Gasteiger partial charge in [0.25, 0.3) is 10.2 Å². The van der Waals surface area contributed by atoms with E-state index in [1.165, 1.54) is 8.61 Å². The lowest BCUT2D eigenvalue weighted by molar-refractivity contribution is -0.122. The molecule has 144 valence electrons. The number of benzene rings is 1. The Morgan fingerprint density at radius 3 is 2.54 bits per heavy atom. The van der Waals surface area contributed by atoms with Crippen LogP contribution in [0.25, 0.3) is 0 Å². The lowest BCUT2D eigenvalue weighted by Gasteiger charge is -2.34. The molecule has 1 saturated carbocycles. The summed E-state index contributed by atoms with van der Waals surface area (Å²) in [5, 5.41) is 2.98. The van der Waals surface area contributed by atoms with Gasteiger partial charge in [0.05, 0.1) is 6.54 Å². The van der Waals surface area contributed by atoms with E-state index in [-0.39, 0.29) is 18.5 Å². The molecule has 1 aromatic carbocycles. The molecule has 1 heterocycles. The molecule has 0 unspecified atom stereocenters. The monoisotopic (exact) mass is 379 g/mol. The maximum Gasteiger partial charge on any atom is 0.282 e. The number of hydrogen-bond donors (Lipinski definition) is 1. The Morgan fingerprint density at radius 1 is 1.12 bits per heavy atom. The van der Waals surface area contributed by atoms with E-state index in [2.05, 4.69) is 5.32 Å². The molecule has 0 aromatic heterocycles. The number of hydrogen-bond acceptors (Lipinski definition) is 3. The van der Waals surface area contributed by atoms with E-state index in [1.54, 1.807) is 0 Å². The van der Waals surface area contributed by atoms with Gasteiger partial charge in [-0.2, -0.15) is 17.0 Å². The van der Waals surface area contributed by atoms with Crippen LogP contribution in [-0.2, 0) is 21.5 Å². The van der Waals surface area contributed by atoms with Gasteiger partial charge in [-0.25, -0.2) is 0 Å². The molecule has 0 spiro atoms. The second-order valence-electron chi connectivity index (χ2n) is 7.51. The van der Waals surface area contributed by atoms with Gasteiger partial charge in [0.15, 0.2) is 0 Å². The summed E-state index contributed by atoms with van der Waals surface area (Å²) in [5.74, 6) is -0.186. The number of nitrogens with one attached hydrogen (secondary N) is 1. The Hall–Kier alpha value is -1.44. The molecule has 3 rings (SSSR count). The summed E-state index contributed by atoms with van der Waals surface area (Å²) in [6.07, 6.45) is 5.00. The van der Waals surface area contributed by atoms with E-state index in [4.69, 9.17) is 0 Å². The van der Waals surface area contributed by atoms with E-state index in [9.17, 15) is 13.2 Å². The van der Waals surface area contributed by atoms with Crippen molar-refractivity contribution in [2.75, 3.05) is 19.6 Å². The average molecular weight is 380 g/mol. The highest BCUT2D eigenvalue weighted by molar-refractivity contribution is 7.86. The fraction of sp³-hybridized carbons (Fsp3) is 0.632. The number of nitrogens with zero attached hydrogens (tertiary/aromatic N) is 2. The van der Waals surface area contributed by atoms with Crippen molar-refractivity contribution in [2.24, 2.45) is 0 Å². The number of aryl methyl sites for hydroxylation is 2. The van der Waals surface area contributed by atoms with Crippen molar-refractivity contribution < 1.29 is 13.2 Å². The van der Waals surface area contributed by atoms with E-state index >= 15 is 0 Å². The Bertz CT molecular complexity index is 757. The largest absolute Gasteiger partial charge is 0.352 e. The maximum absolute atomic E-state index is 13.0. The molecule has 2 aliphatic rings. The summed E-state index contributed by atoms with van der Waals surface area (Å²) in [6.45, 7) is 5.18. The second-order valence-corrected chi connectivity index (χ2v) is 9.44. The normalized spacial score (nSPS) is 21.8. The third-order valence-electron chi connectivity index (χ3n) is 5.36. The summed E-state index contributed by atoms with van der Waals surface area (Å²) >= 11 is 0. The number of carbonyl (C=O) groups excluding carboxylic acids is 1. The second kappa shape index (κ2) is 8.06. The van der Waals surface area contributed by atoms with Crippen LogP contribution in [0.5, 0.6) is 0 Å². The van der Waals surface area contributed by atoms with E-state index in [1.807, 2.05) is 32.0 Å². The highest BCUT2D eigenvalue weighted by atomic mass is 32.2. The van der Waals surface area contributed by atoms with Gasteiger partial charge in [0.1, 0.15) is 0 Å². The lowest BCUT2D eigenvalue weighted by atomic mass is 10.1. The molecule has 0 bridgehead atoms. The summed E-state index contributed by atoms with van der Waals surface area (Å²) in [4.78, 5) is 12.3. The van der Waals surface area contributed by atoms with Gasteiger partial charge in [-0.05, 0) is 44.2 Å². The van der Waals surface area contributed by atoms with Crippen LogP contribution < -0.4 is 5.32 Å². The topological polar surface area (TPSA) is 69.7 Å². The highest BCUT2D eigenvalue weighted by Crippen LogP contribution is 2.22. The van der Waals surface area contributed by atoms with Gasteiger partial charge in [-0.1, -0.05) is 36.6 Å². The third-order valence-corrected chi connectivity index (χ3v) is 7.29. The van der Waals surface area contributed by atoms with Crippen LogP contribution in [0.3, 0.4) is 0 Å². The van der Waals surface area contributed by atoms with Crippen molar-refractivity contribution in [1.82, 2.24) is 13.9 Å². The van der Waals surface area contributed by atoms with Crippen LogP contribution in [0, 0.1) is 13.8 Å². The number of rotatable bonds is 5. The number of carbonyl (C=O) groups is 1. The molecule has 26 heavy (non-hydrogen) atoms. The minimum atomic E-state index is -3.61. The zero-order chi connectivity index (χ0) is 18.7. The van der Waals surface area contributed by atoms with Crippen LogP contribution in [0.2, 0.25) is 0 Å². The minimum Gasteiger partial charge on any atom is -0.352 e. The molecule has 7 heteroatoms. The van der Waals surface area contributed by atoms with Crippen LogP contribution in [0.4, 0.5) is 0 Å². The summed E-state index contributed by atoms with van der Waals surface area (Å²) < 4.78 is 28.7. The first-order valence-electron chi connectivity index (χ1n) is 9.47. The van der Waals surface area contributed by atoms with Gasteiger partial charge < -0.3 is 5.32 Å². The summed E-state index contributed by atoms with van der Waals surface area (Å²) in [6, 6.07) is 6.30. The fourth-order valence-electron chi connectivity index (χ4n) is 3.80. The van der Waals surface area contributed by atoms with Gasteiger partial charge >= 0.3 is 0 Å². The molecule has 1 amide bonds. The van der Waals surface area contributed by atoms with Gasteiger partial charge in [-0.15, -0.1) is 0 Å². The Kier molecular flexibility index (Phi) is 5.99. The first kappa shape index (κ1) is 19.3. The SMILES string of the molecule is Cc1ccc(C)c(CN2CCCN(CC(=O)NC3CCCC3)S2(=O)=O)c1. The van der Waals surface area contributed by atoms with Crippen LogP contribution in [0.15, 0.2) is 18.2 Å². The number of amides is 1. The van der Waals surface area contributed by atoms with Crippen LogP contribution >= 0.6 is 0 Å². The molecule has 6 nitrogen and oxygen atoms in total. The Balaban J connectivity index is 1.67. The molecular formula is C19H29N3O3S. The highest BCUT2D eigenvalue weighted by Gasteiger charge is 2.35. The van der Waals surface area contributed by atoms with Gasteiger partial charge in [0.2, 0.25) is 5.91 Å². The first-order chi connectivity index (χ1) is 12.4. The Morgan fingerprint density at radius 2 is 1.81 bits per heavy atom. The third kappa shape index (κ3) is 4.45. The van der Waals surface area contributed by atoms with Crippen molar-refractivity contribution in [2.45, 2.75) is 58.5 Å². The molecule has 2 fully saturated rings.